The van der Waals surface area contributed by atoms with Crippen LogP contribution in [0, 0.1) is 5.92 Å². The predicted molar refractivity (Wildman–Crippen MR) is 133 cm³/mol. The van der Waals surface area contributed by atoms with E-state index in [1.807, 2.05) is 0 Å². The van der Waals surface area contributed by atoms with Crippen LogP contribution in [-0.2, 0) is 4.74 Å². The fraction of sp³-hybridized carbons (Fsp3) is 0.682. The van der Waals surface area contributed by atoms with Gasteiger partial charge in [-0.3, -0.25) is 9.89 Å². The van der Waals surface area contributed by atoms with Gasteiger partial charge in [-0.05, 0) is 45.2 Å². The topological polar surface area (TPSA) is 52.1 Å². The highest BCUT2D eigenvalue weighted by Crippen LogP contribution is 2.23. The van der Waals surface area contributed by atoms with E-state index in [0.29, 0.717) is 5.92 Å². The van der Waals surface area contributed by atoms with Crippen LogP contribution >= 0.6 is 24.0 Å². The van der Waals surface area contributed by atoms with Gasteiger partial charge in [-0.2, -0.15) is 0 Å². The van der Waals surface area contributed by atoms with E-state index in [9.17, 15) is 0 Å². The van der Waals surface area contributed by atoms with Gasteiger partial charge < -0.3 is 20.3 Å². The minimum Gasteiger partial charge on any atom is -0.379 e. The third kappa shape index (κ3) is 7.29. The molecule has 2 aliphatic heterocycles. The molecule has 1 atom stereocenters. The number of rotatable bonds is 7. The second kappa shape index (κ2) is 12.0. The second-order valence-electron chi connectivity index (χ2n) is 8.42. The minimum atomic E-state index is 0. The predicted octanol–water partition coefficient (Wildman–Crippen LogP) is 2.80. The van der Waals surface area contributed by atoms with Crippen LogP contribution in [0.2, 0.25) is 0 Å². The number of nitrogens with zero attached hydrogens (tertiary/aromatic N) is 3. The van der Waals surface area contributed by atoms with Crippen molar-refractivity contribution in [2.24, 2.45) is 10.9 Å². The summed E-state index contributed by atoms with van der Waals surface area (Å²) in [6, 6.07) is 10.7. The van der Waals surface area contributed by atoms with Crippen molar-refractivity contribution in [3.63, 3.8) is 0 Å². The zero-order chi connectivity index (χ0) is 19.8. The highest BCUT2D eigenvalue weighted by Gasteiger charge is 2.28. The van der Waals surface area contributed by atoms with Crippen LogP contribution < -0.4 is 15.5 Å². The lowest BCUT2D eigenvalue weighted by molar-refractivity contribution is -0.00683. The molecule has 1 aromatic carbocycles. The largest absolute Gasteiger partial charge is 0.379 e. The van der Waals surface area contributed by atoms with E-state index in [1.165, 1.54) is 12.1 Å². The summed E-state index contributed by atoms with van der Waals surface area (Å²) in [5.74, 6) is 1.58. The van der Waals surface area contributed by atoms with Crippen LogP contribution in [0.3, 0.4) is 0 Å². The molecule has 164 valence electrons. The van der Waals surface area contributed by atoms with Crippen LogP contribution in [-0.4, -0.2) is 75.4 Å². The lowest BCUT2D eigenvalue weighted by atomic mass is 10.0. The molecule has 6 nitrogen and oxygen atoms in total. The highest BCUT2D eigenvalue weighted by molar-refractivity contribution is 14.0. The van der Waals surface area contributed by atoms with Gasteiger partial charge in [-0.1, -0.05) is 18.2 Å². The Balaban J connectivity index is 0.00000300. The fourth-order valence-corrected chi connectivity index (χ4v) is 4.00. The third-order valence-electron chi connectivity index (χ3n) is 5.80. The molecule has 0 aliphatic carbocycles. The normalized spacial score (nSPS) is 21.0. The van der Waals surface area contributed by atoms with E-state index in [-0.39, 0.29) is 29.5 Å². The molecule has 2 fully saturated rings. The number of para-hydroxylation sites is 1. The molecule has 0 aromatic heterocycles. The number of morpholine rings is 1. The van der Waals surface area contributed by atoms with E-state index < -0.39 is 0 Å². The molecule has 0 spiro atoms. The van der Waals surface area contributed by atoms with Crippen LogP contribution in [0.5, 0.6) is 0 Å². The SMILES string of the molecule is CCNC(=NCC(C)(C)N1CCOCC1)NCC1CCN(c2ccccc2)C1.I. The average Bonchev–Trinajstić information content (AvgIpc) is 3.20. The molecule has 2 heterocycles. The van der Waals surface area contributed by atoms with Crippen molar-refractivity contribution in [1.29, 1.82) is 0 Å². The first-order valence-electron chi connectivity index (χ1n) is 10.7. The van der Waals surface area contributed by atoms with Gasteiger partial charge in [0, 0.05) is 50.5 Å². The van der Waals surface area contributed by atoms with Crippen molar-refractivity contribution in [3.05, 3.63) is 30.3 Å². The number of halogens is 1. The van der Waals surface area contributed by atoms with Gasteiger partial charge in [-0.25, -0.2) is 0 Å². The third-order valence-corrected chi connectivity index (χ3v) is 5.80. The molecular weight excluding hydrogens is 477 g/mol. The molecule has 0 bridgehead atoms. The molecule has 2 saturated heterocycles. The summed E-state index contributed by atoms with van der Waals surface area (Å²) in [4.78, 5) is 9.87. The summed E-state index contributed by atoms with van der Waals surface area (Å²) < 4.78 is 5.49. The van der Waals surface area contributed by atoms with E-state index in [4.69, 9.17) is 9.73 Å². The van der Waals surface area contributed by atoms with Crippen LogP contribution in [0.15, 0.2) is 35.3 Å². The number of anilines is 1. The van der Waals surface area contributed by atoms with Crippen LogP contribution in [0.4, 0.5) is 5.69 Å². The number of ether oxygens (including phenoxy) is 1. The van der Waals surface area contributed by atoms with Crippen LogP contribution in [0.25, 0.3) is 0 Å². The monoisotopic (exact) mass is 515 g/mol. The van der Waals surface area contributed by atoms with E-state index in [1.54, 1.807) is 0 Å². The molecule has 0 saturated carbocycles. The minimum absolute atomic E-state index is 0. The quantitative estimate of drug-likeness (QED) is 0.333. The Labute approximate surface area is 193 Å². The number of benzene rings is 1. The van der Waals surface area contributed by atoms with Gasteiger partial charge in [0.2, 0.25) is 0 Å². The molecule has 7 heteroatoms. The van der Waals surface area contributed by atoms with E-state index in [2.05, 4.69) is 71.5 Å². The Morgan fingerprint density at radius 2 is 1.86 bits per heavy atom. The lowest BCUT2D eigenvalue weighted by Crippen LogP contribution is -2.52. The Hall–Kier alpha value is -1.06. The van der Waals surface area contributed by atoms with Gasteiger partial charge in [-0.15, -0.1) is 24.0 Å². The van der Waals surface area contributed by atoms with Crippen molar-refractivity contribution in [2.45, 2.75) is 32.7 Å². The zero-order valence-electron chi connectivity index (χ0n) is 18.2. The van der Waals surface area contributed by atoms with Gasteiger partial charge in [0.05, 0.1) is 19.8 Å². The van der Waals surface area contributed by atoms with E-state index in [0.717, 1.165) is 65.0 Å². The molecule has 1 unspecified atom stereocenters. The molecule has 1 aromatic rings. The summed E-state index contributed by atoms with van der Waals surface area (Å²) in [5.41, 5.74) is 1.38. The van der Waals surface area contributed by atoms with Gasteiger partial charge in [0.15, 0.2) is 5.96 Å². The summed E-state index contributed by atoms with van der Waals surface area (Å²) in [6.07, 6.45) is 1.22. The average molecular weight is 515 g/mol. The van der Waals surface area contributed by atoms with Gasteiger partial charge >= 0.3 is 0 Å². The number of hydrogen-bond acceptors (Lipinski definition) is 4. The van der Waals surface area contributed by atoms with Gasteiger partial charge in [0.25, 0.3) is 0 Å². The number of aliphatic imine (C=N–C) groups is 1. The molecule has 2 aliphatic rings. The Morgan fingerprint density at radius 1 is 1.14 bits per heavy atom. The fourth-order valence-electron chi connectivity index (χ4n) is 4.00. The molecular formula is C22H38IN5O. The Morgan fingerprint density at radius 3 is 2.55 bits per heavy atom. The Bertz CT molecular complexity index is 619. The van der Waals surface area contributed by atoms with Gasteiger partial charge in [0.1, 0.15) is 0 Å². The molecule has 29 heavy (non-hydrogen) atoms. The molecule has 0 amide bonds. The molecule has 0 radical (unpaired) electrons. The lowest BCUT2D eigenvalue weighted by Gasteiger charge is -2.39. The first-order valence-corrected chi connectivity index (χ1v) is 10.7. The molecule has 2 N–H and O–H groups in total. The van der Waals surface area contributed by atoms with Crippen molar-refractivity contribution >= 4 is 35.6 Å². The summed E-state index contributed by atoms with van der Waals surface area (Å²) in [5, 5.41) is 6.99. The van der Waals surface area contributed by atoms with E-state index >= 15 is 0 Å². The van der Waals surface area contributed by atoms with Crippen molar-refractivity contribution in [2.75, 3.05) is 63.9 Å². The van der Waals surface area contributed by atoms with Crippen molar-refractivity contribution < 1.29 is 4.74 Å². The maximum absolute atomic E-state index is 5.49. The first-order chi connectivity index (χ1) is 13.6. The maximum Gasteiger partial charge on any atom is 0.191 e. The number of guanidine groups is 1. The summed E-state index contributed by atoms with van der Waals surface area (Å²) >= 11 is 0. The number of hydrogen-bond donors (Lipinski definition) is 2. The molecule has 3 rings (SSSR count). The summed E-state index contributed by atoms with van der Waals surface area (Å²) in [6.45, 7) is 15.2. The zero-order valence-corrected chi connectivity index (χ0v) is 20.5. The number of nitrogens with one attached hydrogen (secondary N) is 2. The van der Waals surface area contributed by atoms with Crippen LogP contribution in [0.1, 0.15) is 27.2 Å². The highest BCUT2D eigenvalue weighted by atomic mass is 127. The summed E-state index contributed by atoms with van der Waals surface area (Å²) in [7, 11) is 0. The van der Waals surface area contributed by atoms with Crippen molar-refractivity contribution in [3.8, 4) is 0 Å². The Kier molecular flexibility index (Phi) is 9.98. The first kappa shape index (κ1) is 24.2. The smallest absolute Gasteiger partial charge is 0.191 e. The van der Waals surface area contributed by atoms with Crippen molar-refractivity contribution in [1.82, 2.24) is 15.5 Å². The second-order valence-corrected chi connectivity index (χ2v) is 8.42. The standard InChI is InChI=1S/C22H37N5O.HI/c1-4-23-21(25-18-22(2,3)27-12-14-28-15-13-27)24-16-19-10-11-26(17-19)20-8-6-5-7-9-20;/h5-9,19H,4,10-18H2,1-3H3,(H2,23,24,25);1H. The maximum atomic E-state index is 5.49.